The lowest BCUT2D eigenvalue weighted by molar-refractivity contribution is 0.208. The minimum atomic E-state index is 0.545. The quantitative estimate of drug-likeness (QED) is 0.836. The minimum Gasteiger partial charge on any atom is -0.334 e. The Labute approximate surface area is 110 Å². The molecule has 1 atom stereocenters. The Hall–Kier alpha value is -0.870. The van der Waals surface area contributed by atoms with Crippen molar-refractivity contribution in [1.29, 1.82) is 0 Å². The van der Waals surface area contributed by atoms with Gasteiger partial charge in [-0.3, -0.25) is 0 Å². The summed E-state index contributed by atoms with van der Waals surface area (Å²) in [6.07, 6.45) is 8.02. The fourth-order valence-corrected chi connectivity index (χ4v) is 2.65. The molecule has 0 spiro atoms. The molecule has 0 saturated carbocycles. The molecule has 0 aromatic carbocycles. The molecule has 1 unspecified atom stereocenters. The van der Waals surface area contributed by atoms with Crippen LogP contribution in [0.25, 0.3) is 0 Å². The Morgan fingerprint density at radius 3 is 2.83 bits per heavy atom. The number of hydrogen-bond donors (Lipinski definition) is 1. The molecular formula is C14H26N4. The summed E-state index contributed by atoms with van der Waals surface area (Å²) < 4.78 is 2.20. The average Bonchev–Trinajstić information content (AvgIpc) is 2.85. The summed E-state index contributed by atoms with van der Waals surface area (Å²) in [6, 6.07) is 0.545. The lowest BCUT2D eigenvalue weighted by Crippen LogP contribution is -2.41. The Balaban J connectivity index is 1.72. The lowest BCUT2D eigenvalue weighted by atomic mass is 10.1. The van der Waals surface area contributed by atoms with Gasteiger partial charge in [0.1, 0.15) is 0 Å². The summed E-state index contributed by atoms with van der Waals surface area (Å²) >= 11 is 0. The molecule has 1 aliphatic heterocycles. The van der Waals surface area contributed by atoms with Gasteiger partial charge >= 0.3 is 0 Å². The Morgan fingerprint density at radius 1 is 1.33 bits per heavy atom. The van der Waals surface area contributed by atoms with Gasteiger partial charge in [0, 0.05) is 31.9 Å². The van der Waals surface area contributed by atoms with Crippen LogP contribution in [-0.2, 0) is 13.1 Å². The zero-order valence-electron chi connectivity index (χ0n) is 11.7. The van der Waals surface area contributed by atoms with Crippen LogP contribution in [0.3, 0.4) is 0 Å². The van der Waals surface area contributed by atoms with Crippen molar-refractivity contribution in [3.63, 3.8) is 0 Å². The third-order valence-corrected chi connectivity index (χ3v) is 3.75. The van der Waals surface area contributed by atoms with Gasteiger partial charge in [-0.2, -0.15) is 0 Å². The van der Waals surface area contributed by atoms with Crippen molar-refractivity contribution >= 4 is 0 Å². The summed E-state index contributed by atoms with van der Waals surface area (Å²) in [4.78, 5) is 6.78. The smallest absolute Gasteiger partial charge is 0.0948 e. The summed E-state index contributed by atoms with van der Waals surface area (Å²) in [6.45, 7) is 10.1. The molecule has 2 rings (SSSR count). The fourth-order valence-electron chi connectivity index (χ4n) is 2.65. The van der Waals surface area contributed by atoms with E-state index in [0.29, 0.717) is 6.04 Å². The van der Waals surface area contributed by atoms with Crippen LogP contribution in [-0.4, -0.2) is 40.1 Å². The molecule has 18 heavy (non-hydrogen) atoms. The van der Waals surface area contributed by atoms with Gasteiger partial charge < -0.3 is 14.8 Å². The van der Waals surface area contributed by atoms with E-state index < -0.39 is 0 Å². The van der Waals surface area contributed by atoms with Crippen molar-refractivity contribution in [2.75, 3.05) is 19.6 Å². The summed E-state index contributed by atoms with van der Waals surface area (Å²) in [5.41, 5.74) is 1.28. The van der Waals surface area contributed by atoms with Gasteiger partial charge in [0.2, 0.25) is 0 Å². The lowest BCUT2D eigenvalue weighted by Gasteiger charge is -2.29. The predicted octanol–water partition coefficient (Wildman–Crippen LogP) is 1.87. The van der Waals surface area contributed by atoms with Crippen LogP contribution in [0.5, 0.6) is 0 Å². The van der Waals surface area contributed by atoms with E-state index in [1.165, 1.54) is 44.6 Å². The van der Waals surface area contributed by atoms with Gasteiger partial charge in [0.15, 0.2) is 0 Å². The van der Waals surface area contributed by atoms with Crippen LogP contribution in [0.4, 0.5) is 0 Å². The van der Waals surface area contributed by atoms with E-state index in [1.54, 1.807) is 0 Å². The highest BCUT2D eigenvalue weighted by Crippen LogP contribution is 2.09. The normalized spacial score (nSPS) is 19.0. The standard InChI is InChI=1S/C14H26N4/c1-3-18-12-15-9-14(18)10-16-13(2)11-17-7-5-4-6-8-17/h9,12-13,16H,3-8,10-11H2,1-2H3. The summed E-state index contributed by atoms with van der Waals surface area (Å²) in [5.74, 6) is 0. The first-order valence-electron chi connectivity index (χ1n) is 7.24. The van der Waals surface area contributed by atoms with E-state index in [2.05, 4.69) is 33.6 Å². The maximum Gasteiger partial charge on any atom is 0.0948 e. The van der Waals surface area contributed by atoms with E-state index in [0.717, 1.165) is 13.1 Å². The first kappa shape index (κ1) is 13.6. The number of likely N-dealkylation sites (tertiary alicyclic amines) is 1. The molecule has 4 nitrogen and oxygen atoms in total. The van der Waals surface area contributed by atoms with Gasteiger partial charge in [-0.25, -0.2) is 4.98 Å². The average molecular weight is 250 g/mol. The molecule has 1 aromatic heterocycles. The van der Waals surface area contributed by atoms with Crippen LogP contribution in [0.15, 0.2) is 12.5 Å². The van der Waals surface area contributed by atoms with Gasteiger partial charge in [0.25, 0.3) is 0 Å². The maximum absolute atomic E-state index is 4.20. The number of rotatable bonds is 6. The van der Waals surface area contributed by atoms with Crippen LogP contribution < -0.4 is 5.32 Å². The number of nitrogens with zero attached hydrogens (tertiary/aromatic N) is 3. The number of hydrogen-bond acceptors (Lipinski definition) is 3. The van der Waals surface area contributed by atoms with E-state index >= 15 is 0 Å². The van der Waals surface area contributed by atoms with Crippen molar-refractivity contribution in [2.24, 2.45) is 0 Å². The Morgan fingerprint density at radius 2 is 2.11 bits per heavy atom. The molecule has 102 valence electrons. The third-order valence-electron chi connectivity index (χ3n) is 3.75. The highest BCUT2D eigenvalue weighted by molar-refractivity contribution is 4.98. The zero-order valence-corrected chi connectivity index (χ0v) is 11.7. The topological polar surface area (TPSA) is 33.1 Å². The Kier molecular flexibility index (Phi) is 5.20. The van der Waals surface area contributed by atoms with Crippen molar-refractivity contribution in [3.05, 3.63) is 18.2 Å². The van der Waals surface area contributed by atoms with Gasteiger partial charge in [-0.05, 0) is 39.8 Å². The first-order chi connectivity index (χ1) is 8.79. The van der Waals surface area contributed by atoms with Gasteiger partial charge in [-0.15, -0.1) is 0 Å². The molecule has 1 fully saturated rings. The van der Waals surface area contributed by atoms with Crippen LogP contribution in [0, 0.1) is 0 Å². The largest absolute Gasteiger partial charge is 0.334 e. The van der Waals surface area contributed by atoms with Crippen LogP contribution in [0.1, 0.15) is 38.8 Å². The monoisotopic (exact) mass is 250 g/mol. The second-order valence-electron chi connectivity index (χ2n) is 5.31. The van der Waals surface area contributed by atoms with Crippen molar-refractivity contribution < 1.29 is 0 Å². The molecule has 1 aliphatic rings. The zero-order chi connectivity index (χ0) is 12.8. The van der Waals surface area contributed by atoms with Crippen LogP contribution >= 0.6 is 0 Å². The van der Waals surface area contributed by atoms with Crippen molar-refractivity contribution in [1.82, 2.24) is 19.8 Å². The fraction of sp³-hybridized carbons (Fsp3) is 0.786. The molecule has 0 radical (unpaired) electrons. The minimum absolute atomic E-state index is 0.545. The number of imidazole rings is 1. The number of aryl methyl sites for hydroxylation is 1. The first-order valence-corrected chi connectivity index (χ1v) is 7.24. The summed E-state index contributed by atoms with van der Waals surface area (Å²) in [5, 5.41) is 3.60. The highest BCUT2D eigenvalue weighted by atomic mass is 15.2. The molecule has 0 amide bonds. The third kappa shape index (κ3) is 3.82. The molecule has 0 aliphatic carbocycles. The van der Waals surface area contributed by atoms with Gasteiger partial charge in [-0.1, -0.05) is 6.42 Å². The number of nitrogens with one attached hydrogen (secondary N) is 1. The van der Waals surface area contributed by atoms with Gasteiger partial charge in [0.05, 0.1) is 12.0 Å². The van der Waals surface area contributed by atoms with E-state index in [-0.39, 0.29) is 0 Å². The van der Waals surface area contributed by atoms with Crippen molar-refractivity contribution in [3.8, 4) is 0 Å². The molecule has 2 heterocycles. The molecule has 1 aromatic rings. The molecule has 1 N–H and O–H groups in total. The SMILES string of the molecule is CCn1cncc1CNC(C)CN1CCCCC1. The maximum atomic E-state index is 4.20. The molecular weight excluding hydrogens is 224 g/mol. The molecule has 4 heteroatoms. The van der Waals surface area contributed by atoms with E-state index in [4.69, 9.17) is 0 Å². The number of aromatic nitrogens is 2. The highest BCUT2D eigenvalue weighted by Gasteiger charge is 2.13. The molecule has 1 saturated heterocycles. The van der Waals surface area contributed by atoms with Crippen LogP contribution in [0.2, 0.25) is 0 Å². The van der Waals surface area contributed by atoms with Crippen molar-refractivity contribution in [2.45, 2.75) is 52.2 Å². The number of piperidine rings is 1. The molecule has 0 bridgehead atoms. The second-order valence-corrected chi connectivity index (χ2v) is 5.31. The predicted molar refractivity (Wildman–Crippen MR) is 74.5 cm³/mol. The Bertz CT molecular complexity index is 341. The second kappa shape index (κ2) is 6.90. The van der Waals surface area contributed by atoms with E-state index in [9.17, 15) is 0 Å². The van der Waals surface area contributed by atoms with E-state index in [1.807, 2.05) is 12.5 Å². The summed E-state index contributed by atoms with van der Waals surface area (Å²) in [7, 11) is 0.